The number of anilines is 1. The van der Waals surface area contributed by atoms with Gasteiger partial charge in [-0.2, -0.15) is 0 Å². The van der Waals surface area contributed by atoms with Crippen LogP contribution in [0.3, 0.4) is 0 Å². The minimum absolute atomic E-state index is 0.187. The van der Waals surface area contributed by atoms with Crippen molar-refractivity contribution in [1.29, 1.82) is 0 Å². The summed E-state index contributed by atoms with van der Waals surface area (Å²) in [5, 5.41) is 6.34. The van der Waals surface area contributed by atoms with Gasteiger partial charge in [-0.05, 0) is 29.8 Å². The third-order valence-corrected chi connectivity index (χ3v) is 5.07. The molecule has 0 radical (unpaired) electrons. The van der Waals surface area contributed by atoms with Crippen LogP contribution in [0, 0.1) is 0 Å². The molecule has 4 aromatic rings. The molecule has 158 valence electrons. The summed E-state index contributed by atoms with van der Waals surface area (Å²) in [6, 6.07) is 17.1. The molecule has 0 unspecified atom stereocenters. The van der Waals surface area contributed by atoms with E-state index < -0.39 is 0 Å². The van der Waals surface area contributed by atoms with E-state index in [1.165, 1.54) is 5.56 Å². The summed E-state index contributed by atoms with van der Waals surface area (Å²) in [7, 11) is 3.32. The molecule has 0 spiro atoms. The fraction of sp³-hybridized carbons (Fsp3) is 0.174. The van der Waals surface area contributed by atoms with Crippen molar-refractivity contribution >= 4 is 28.5 Å². The van der Waals surface area contributed by atoms with Gasteiger partial charge >= 0.3 is 6.03 Å². The first-order valence-corrected chi connectivity index (χ1v) is 9.94. The summed E-state index contributed by atoms with van der Waals surface area (Å²) in [6.45, 7) is 1.07. The van der Waals surface area contributed by atoms with Crippen molar-refractivity contribution in [1.82, 2.24) is 24.8 Å². The van der Waals surface area contributed by atoms with E-state index in [1.807, 2.05) is 41.1 Å². The van der Waals surface area contributed by atoms with Crippen LogP contribution in [0.2, 0.25) is 0 Å². The first kappa shape index (κ1) is 20.2. The lowest BCUT2D eigenvalue weighted by Crippen LogP contribution is -2.32. The van der Waals surface area contributed by atoms with Crippen LogP contribution in [0.1, 0.15) is 21.9 Å². The molecule has 3 amide bonds. The largest absolute Gasteiger partial charge is 0.354 e. The molecule has 3 N–H and O–H groups in total. The van der Waals surface area contributed by atoms with Crippen LogP contribution in [-0.2, 0) is 13.1 Å². The van der Waals surface area contributed by atoms with E-state index in [1.54, 1.807) is 37.3 Å². The molecule has 2 heterocycles. The van der Waals surface area contributed by atoms with Crippen molar-refractivity contribution in [3.05, 3.63) is 84.1 Å². The number of carbonyl (C=O) groups excluding carboxylic acids is 2. The van der Waals surface area contributed by atoms with E-state index >= 15 is 0 Å². The van der Waals surface area contributed by atoms with E-state index in [9.17, 15) is 9.59 Å². The molecule has 0 aliphatic carbocycles. The van der Waals surface area contributed by atoms with Gasteiger partial charge < -0.3 is 25.1 Å². The van der Waals surface area contributed by atoms with Crippen molar-refractivity contribution in [2.24, 2.45) is 0 Å². The summed E-state index contributed by atoms with van der Waals surface area (Å²) >= 11 is 0. The molecule has 8 nitrogen and oxygen atoms in total. The van der Waals surface area contributed by atoms with Crippen LogP contribution in [0.4, 0.5) is 10.5 Å². The minimum atomic E-state index is -0.240. The van der Waals surface area contributed by atoms with Crippen molar-refractivity contribution in [3.8, 4) is 0 Å². The monoisotopic (exact) mass is 416 g/mol. The number of aromatic nitrogens is 3. The highest BCUT2D eigenvalue weighted by molar-refractivity contribution is 5.99. The maximum atomic E-state index is 12.7. The Hall–Kier alpha value is -4.07. The molecule has 0 fully saturated rings. The van der Waals surface area contributed by atoms with Gasteiger partial charge in [-0.3, -0.25) is 4.79 Å². The van der Waals surface area contributed by atoms with Crippen LogP contribution in [0.5, 0.6) is 0 Å². The van der Waals surface area contributed by atoms with Gasteiger partial charge in [0.1, 0.15) is 11.5 Å². The maximum Gasteiger partial charge on any atom is 0.321 e. The summed E-state index contributed by atoms with van der Waals surface area (Å²) < 4.78 is 2.03. The third kappa shape index (κ3) is 4.58. The summed E-state index contributed by atoms with van der Waals surface area (Å²) in [4.78, 5) is 33.6. The Morgan fingerprint density at radius 2 is 1.94 bits per heavy atom. The molecule has 2 aromatic carbocycles. The van der Waals surface area contributed by atoms with Crippen LogP contribution in [0.15, 0.2) is 67.0 Å². The average molecular weight is 416 g/mol. The zero-order chi connectivity index (χ0) is 21.8. The lowest BCUT2D eigenvalue weighted by molar-refractivity contribution is 0.0959. The molecule has 0 aliphatic rings. The Labute approximate surface area is 179 Å². The van der Waals surface area contributed by atoms with E-state index in [2.05, 4.69) is 32.7 Å². The number of nitrogens with zero attached hydrogens (tertiary/aromatic N) is 3. The van der Waals surface area contributed by atoms with Crippen LogP contribution in [0.25, 0.3) is 10.9 Å². The zero-order valence-electron chi connectivity index (χ0n) is 17.4. The van der Waals surface area contributed by atoms with Gasteiger partial charge in [0.25, 0.3) is 5.91 Å². The summed E-state index contributed by atoms with van der Waals surface area (Å²) in [6.07, 6.45) is 3.66. The predicted octanol–water partition coefficient (Wildman–Crippen LogP) is 3.44. The van der Waals surface area contributed by atoms with Gasteiger partial charge in [0.05, 0.1) is 6.54 Å². The molecule has 4 rings (SSSR count). The Kier molecular flexibility index (Phi) is 5.70. The Morgan fingerprint density at radius 3 is 2.71 bits per heavy atom. The number of H-pyrrole nitrogens is 1. The Morgan fingerprint density at radius 1 is 1.13 bits per heavy atom. The average Bonchev–Trinajstić information content (AvgIpc) is 3.40. The fourth-order valence-electron chi connectivity index (χ4n) is 3.39. The maximum absolute atomic E-state index is 12.7. The Bertz CT molecular complexity index is 1210. The number of hydrogen-bond acceptors (Lipinski definition) is 3. The van der Waals surface area contributed by atoms with Gasteiger partial charge in [0, 0.05) is 49.6 Å². The highest BCUT2D eigenvalue weighted by Gasteiger charge is 2.14. The first-order chi connectivity index (χ1) is 15.0. The number of benzene rings is 2. The number of nitrogens with one attached hydrogen (secondary N) is 3. The van der Waals surface area contributed by atoms with Gasteiger partial charge in [0.2, 0.25) is 0 Å². The standard InChI is InChI=1S/C23H24N6O2/c1-24-22(30)20-13-17-12-18(8-9-19(17)27-20)26-23(31)28(2)15-21-25-10-11-29(21)14-16-6-4-3-5-7-16/h3-13,27H,14-15H2,1-2H3,(H,24,30)(H,26,31). The quantitative estimate of drug-likeness (QED) is 0.449. The number of urea groups is 1. The zero-order valence-corrected chi connectivity index (χ0v) is 17.4. The molecular formula is C23H24N6O2. The van der Waals surface area contributed by atoms with Crippen molar-refractivity contribution < 1.29 is 9.59 Å². The minimum Gasteiger partial charge on any atom is -0.354 e. The second kappa shape index (κ2) is 8.74. The fourth-order valence-corrected chi connectivity index (χ4v) is 3.39. The predicted molar refractivity (Wildman–Crippen MR) is 120 cm³/mol. The SMILES string of the molecule is CNC(=O)c1cc2cc(NC(=O)N(C)Cc3nccn3Cc3ccccc3)ccc2[nH]1. The number of imidazole rings is 1. The molecular weight excluding hydrogens is 392 g/mol. The van der Waals surface area contributed by atoms with Crippen molar-refractivity contribution in [3.63, 3.8) is 0 Å². The second-order valence-corrected chi connectivity index (χ2v) is 7.31. The number of hydrogen-bond donors (Lipinski definition) is 3. The van der Waals surface area contributed by atoms with Crippen LogP contribution in [-0.4, -0.2) is 45.5 Å². The molecule has 31 heavy (non-hydrogen) atoms. The number of fused-ring (bicyclic) bond motifs is 1. The number of amides is 3. The van der Waals surface area contributed by atoms with Crippen LogP contribution >= 0.6 is 0 Å². The summed E-state index contributed by atoms with van der Waals surface area (Å²) in [5.41, 5.74) is 3.13. The van der Waals surface area contributed by atoms with E-state index in [0.717, 1.165) is 16.7 Å². The van der Waals surface area contributed by atoms with E-state index in [-0.39, 0.29) is 11.9 Å². The lowest BCUT2D eigenvalue weighted by Gasteiger charge is -2.18. The Balaban J connectivity index is 1.42. The van der Waals surface area contributed by atoms with Crippen molar-refractivity contribution in [2.75, 3.05) is 19.4 Å². The topological polar surface area (TPSA) is 95.1 Å². The normalized spacial score (nSPS) is 10.8. The molecule has 2 aromatic heterocycles. The number of carbonyl (C=O) groups is 2. The summed E-state index contributed by atoms with van der Waals surface area (Å²) in [5.74, 6) is 0.616. The van der Waals surface area contributed by atoms with Gasteiger partial charge in [-0.25, -0.2) is 9.78 Å². The van der Waals surface area contributed by atoms with E-state index in [0.29, 0.717) is 24.5 Å². The molecule has 0 saturated carbocycles. The second-order valence-electron chi connectivity index (χ2n) is 7.31. The number of aromatic amines is 1. The molecule has 0 saturated heterocycles. The highest BCUT2D eigenvalue weighted by Crippen LogP contribution is 2.20. The van der Waals surface area contributed by atoms with E-state index in [4.69, 9.17) is 0 Å². The molecule has 0 bridgehead atoms. The third-order valence-electron chi connectivity index (χ3n) is 5.07. The lowest BCUT2D eigenvalue weighted by atomic mass is 10.2. The van der Waals surface area contributed by atoms with Crippen LogP contribution < -0.4 is 10.6 Å². The molecule has 0 atom stereocenters. The van der Waals surface area contributed by atoms with Crippen molar-refractivity contribution in [2.45, 2.75) is 13.1 Å². The smallest absolute Gasteiger partial charge is 0.321 e. The first-order valence-electron chi connectivity index (χ1n) is 9.94. The van der Waals surface area contributed by atoms with Gasteiger partial charge in [-0.1, -0.05) is 30.3 Å². The van der Waals surface area contributed by atoms with Gasteiger partial charge in [0.15, 0.2) is 0 Å². The highest BCUT2D eigenvalue weighted by atomic mass is 16.2. The molecule has 0 aliphatic heterocycles. The number of rotatable bonds is 6. The van der Waals surface area contributed by atoms with Gasteiger partial charge in [-0.15, -0.1) is 0 Å². The molecule has 8 heteroatoms.